The maximum Gasteiger partial charge on any atom is 0.410 e. The number of pyridine rings is 1. The van der Waals surface area contributed by atoms with Crippen LogP contribution in [0.3, 0.4) is 0 Å². The van der Waals surface area contributed by atoms with Gasteiger partial charge in [0.15, 0.2) is 0 Å². The van der Waals surface area contributed by atoms with Crippen molar-refractivity contribution in [2.24, 2.45) is 5.73 Å². The Kier molecular flexibility index (Phi) is 3.51. The van der Waals surface area contributed by atoms with Gasteiger partial charge in [-0.25, -0.2) is 9.78 Å². The molecule has 1 saturated heterocycles. The van der Waals surface area contributed by atoms with Crippen molar-refractivity contribution in [3.63, 3.8) is 0 Å². The van der Waals surface area contributed by atoms with Crippen LogP contribution in [-0.2, 0) is 4.74 Å². The lowest BCUT2D eigenvalue weighted by Gasteiger charge is -2.40. The summed E-state index contributed by atoms with van der Waals surface area (Å²) in [5.41, 5.74) is 6.40. The minimum atomic E-state index is -0.480. The van der Waals surface area contributed by atoms with Gasteiger partial charge in [-0.3, -0.25) is 0 Å². The fourth-order valence-corrected chi connectivity index (χ4v) is 3.07. The van der Waals surface area contributed by atoms with Crippen molar-refractivity contribution in [1.82, 2.24) is 9.88 Å². The summed E-state index contributed by atoms with van der Waals surface area (Å²) < 4.78 is 11.5. The molecule has 1 unspecified atom stereocenters. The number of hydrogen-bond donors (Lipinski definition) is 1. The van der Waals surface area contributed by atoms with Crippen LogP contribution < -0.4 is 10.5 Å². The van der Waals surface area contributed by atoms with Gasteiger partial charge in [-0.05, 0) is 26.8 Å². The van der Waals surface area contributed by atoms with E-state index in [0.717, 1.165) is 5.56 Å². The van der Waals surface area contributed by atoms with Crippen molar-refractivity contribution in [3.05, 3.63) is 23.9 Å². The van der Waals surface area contributed by atoms with E-state index < -0.39 is 11.2 Å². The second-order valence-electron chi connectivity index (χ2n) is 7.01. The molecule has 3 heterocycles. The van der Waals surface area contributed by atoms with E-state index in [-0.39, 0.29) is 12.1 Å². The van der Waals surface area contributed by atoms with Gasteiger partial charge < -0.3 is 20.1 Å². The van der Waals surface area contributed by atoms with Gasteiger partial charge in [0.2, 0.25) is 5.88 Å². The highest BCUT2D eigenvalue weighted by molar-refractivity contribution is 5.68. The number of nitrogens with zero attached hydrogens (tertiary/aromatic N) is 2. The van der Waals surface area contributed by atoms with Crippen LogP contribution >= 0.6 is 0 Å². The Morgan fingerprint density at radius 1 is 1.45 bits per heavy atom. The van der Waals surface area contributed by atoms with E-state index in [2.05, 4.69) is 4.98 Å². The highest BCUT2D eigenvalue weighted by Crippen LogP contribution is 2.45. The summed E-state index contributed by atoms with van der Waals surface area (Å²) >= 11 is 0. The van der Waals surface area contributed by atoms with Gasteiger partial charge >= 0.3 is 6.09 Å². The molecule has 1 spiro atoms. The van der Waals surface area contributed by atoms with Crippen LogP contribution in [0.2, 0.25) is 0 Å². The standard InChI is InChI=1S/C16H23N3O3/c1-15(2,3)22-14(20)19-9-6-16(7-10-19)12(17)11-5-4-8-18-13(11)21-16/h4-5,8,12H,6-7,9-10,17H2,1-3H3. The van der Waals surface area contributed by atoms with E-state index in [1.807, 2.05) is 32.9 Å². The molecule has 0 bridgehead atoms. The Balaban J connectivity index is 1.67. The lowest BCUT2D eigenvalue weighted by Crippen LogP contribution is -2.53. The molecule has 3 rings (SSSR count). The zero-order chi connectivity index (χ0) is 16.0. The first-order valence-corrected chi connectivity index (χ1v) is 7.68. The molecule has 22 heavy (non-hydrogen) atoms. The smallest absolute Gasteiger partial charge is 0.410 e. The van der Waals surface area contributed by atoms with Crippen molar-refractivity contribution in [2.75, 3.05) is 13.1 Å². The minimum absolute atomic E-state index is 0.197. The van der Waals surface area contributed by atoms with Crippen LogP contribution in [0.1, 0.15) is 45.2 Å². The fraction of sp³-hybridized carbons (Fsp3) is 0.625. The molecular formula is C16H23N3O3. The van der Waals surface area contributed by atoms with Gasteiger partial charge in [-0.2, -0.15) is 0 Å². The lowest BCUT2D eigenvalue weighted by molar-refractivity contribution is -0.0195. The van der Waals surface area contributed by atoms with Crippen molar-refractivity contribution >= 4 is 6.09 Å². The fourth-order valence-electron chi connectivity index (χ4n) is 3.07. The first-order chi connectivity index (χ1) is 10.3. The van der Waals surface area contributed by atoms with Crippen LogP contribution in [0.15, 0.2) is 18.3 Å². The Morgan fingerprint density at radius 2 is 2.14 bits per heavy atom. The molecule has 0 radical (unpaired) electrons. The number of carbonyl (C=O) groups excluding carboxylic acids is 1. The molecule has 0 saturated carbocycles. The summed E-state index contributed by atoms with van der Waals surface area (Å²) in [6.07, 6.45) is 2.80. The highest BCUT2D eigenvalue weighted by Gasteiger charge is 2.49. The summed E-state index contributed by atoms with van der Waals surface area (Å²) in [6, 6.07) is 3.63. The quantitative estimate of drug-likeness (QED) is 0.795. The number of aromatic nitrogens is 1. The first-order valence-electron chi connectivity index (χ1n) is 7.68. The van der Waals surface area contributed by atoms with Crippen LogP contribution in [0.4, 0.5) is 4.79 Å². The molecule has 1 aromatic rings. The monoisotopic (exact) mass is 305 g/mol. The van der Waals surface area contributed by atoms with Crippen molar-refractivity contribution < 1.29 is 14.3 Å². The number of nitrogens with two attached hydrogens (primary N) is 1. The third kappa shape index (κ3) is 2.63. The van der Waals surface area contributed by atoms with Crippen molar-refractivity contribution in [3.8, 4) is 5.88 Å². The number of likely N-dealkylation sites (tertiary alicyclic amines) is 1. The third-order valence-electron chi connectivity index (χ3n) is 4.26. The predicted octanol–water partition coefficient (Wildman–Crippen LogP) is 2.24. The molecule has 1 aromatic heterocycles. The number of rotatable bonds is 0. The van der Waals surface area contributed by atoms with Crippen LogP contribution in [0.25, 0.3) is 0 Å². The molecule has 2 aliphatic rings. The number of amides is 1. The molecule has 0 aromatic carbocycles. The minimum Gasteiger partial charge on any atom is -0.469 e. The van der Waals surface area contributed by atoms with E-state index in [0.29, 0.717) is 31.8 Å². The second kappa shape index (κ2) is 5.12. The van der Waals surface area contributed by atoms with Gasteiger partial charge in [0.25, 0.3) is 0 Å². The van der Waals surface area contributed by atoms with Gasteiger partial charge in [0.05, 0.1) is 6.04 Å². The first kappa shape index (κ1) is 15.1. The zero-order valence-corrected chi connectivity index (χ0v) is 13.3. The Morgan fingerprint density at radius 3 is 2.73 bits per heavy atom. The average molecular weight is 305 g/mol. The average Bonchev–Trinajstić information content (AvgIpc) is 2.71. The topological polar surface area (TPSA) is 77.7 Å². The van der Waals surface area contributed by atoms with Crippen LogP contribution in [-0.4, -0.2) is 40.3 Å². The second-order valence-corrected chi connectivity index (χ2v) is 7.01. The summed E-state index contributed by atoms with van der Waals surface area (Å²) in [5, 5.41) is 0. The third-order valence-corrected chi connectivity index (χ3v) is 4.26. The number of piperidine rings is 1. The molecule has 0 aliphatic carbocycles. The molecule has 1 fully saturated rings. The summed E-state index contributed by atoms with van der Waals surface area (Å²) in [7, 11) is 0. The Labute approximate surface area is 130 Å². The number of carbonyl (C=O) groups is 1. The van der Waals surface area contributed by atoms with E-state index in [1.165, 1.54) is 0 Å². The van der Waals surface area contributed by atoms with Gasteiger partial charge in [0.1, 0.15) is 11.2 Å². The van der Waals surface area contributed by atoms with E-state index in [4.69, 9.17) is 15.2 Å². The lowest BCUT2D eigenvalue weighted by atomic mass is 9.83. The largest absolute Gasteiger partial charge is 0.469 e. The molecule has 120 valence electrons. The molecular weight excluding hydrogens is 282 g/mol. The van der Waals surface area contributed by atoms with Crippen molar-refractivity contribution in [1.29, 1.82) is 0 Å². The van der Waals surface area contributed by atoms with Crippen LogP contribution in [0, 0.1) is 0 Å². The molecule has 1 amide bonds. The number of fused-ring (bicyclic) bond motifs is 1. The van der Waals surface area contributed by atoms with Gasteiger partial charge in [0, 0.05) is 37.7 Å². The Hall–Kier alpha value is -1.82. The zero-order valence-electron chi connectivity index (χ0n) is 13.3. The molecule has 6 nitrogen and oxygen atoms in total. The number of ether oxygens (including phenoxy) is 2. The van der Waals surface area contributed by atoms with E-state index >= 15 is 0 Å². The van der Waals surface area contributed by atoms with Crippen molar-refractivity contribution in [2.45, 2.75) is 50.9 Å². The summed E-state index contributed by atoms with van der Waals surface area (Å²) in [5.74, 6) is 0.626. The molecule has 6 heteroatoms. The van der Waals surface area contributed by atoms with Crippen LogP contribution in [0.5, 0.6) is 5.88 Å². The highest BCUT2D eigenvalue weighted by atomic mass is 16.6. The van der Waals surface area contributed by atoms with Gasteiger partial charge in [-0.1, -0.05) is 6.07 Å². The number of hydrogen-bond acceptors (Lipinski definition) is 5. The molecule has 2 N–H and O–H groups in total. The molecule has 2 aliphatic heterocycles. The Bertz CT molecular complexity index is 574. The summed E-state index contributed by atoms with van der Waals surface area (Å²) in [4.78, 5) is 18.1. The maximum absolute atomic E-state index is 12.1. The molecule has 1 atom stereocenters. The van der Waals surface area contributed by atoms with E-state index in [9.17, 15) is 4.79 Å². The van der Waals surface area contributed by atoms with Gasteiger partial charge in [-0.15, -0.1) is 0 Å². The normalized spacial score (nSPS) is 23.1. The predicted molar refractivity (Wildman–Crippen MR) is 81.6 cm³/mol. The van der Waals surface area contributed by atoms with E-state index in [1.54, 1.807) is 11.1 Å². The SMILES string of the molecule is CC(C)(C)OC(=O)N1CCC2(CC1)Oc1ncccc1C2N. The summed E-state index contributed by atoms with van der Waals surface area (Å²) in [6.45, 7) is 6.77. The maximum atomic E-state index is 12.1.